The van der Waals surface area contributed by atoms with Crippen LogP contribution in [0.5, 0.6) is 0 Å². The highest BCUT2D eigenvalue weighted by Gasteiger charge is 2.36. The molecule has 1 unspecified atom stereocenters. The quantitative estimate of drug-likeness (QED) is 0.770. The summed E-state index contributed by atoms with van der Waals surface area (Å²) in [7, 11) is 0. The van der Waals surface area contributed by atoms with E-state index < -0.39 is 0 Å². The molecule has 0 heterocycles. The average molecular weight is 217 g/mol. The molecule has 0 radical (unpaired) electrons. The molecule has 1 fully saturated rings. The van der Waals surface area contributed by atoms with Gasteiger partial charge in [0.25, 0.3) is 0 Å². The molecular weight excluding hydrogens is 194 g/mol. The third kappa shape index (κ3) is 3.34. The summed E-state index contributed by atoms with van der Waals surface area (Å²) in [5.41, 5.74) is 2.06. The Hall–Kier alpha value is -0.820. The molecule has 0 bridgehead atoms. The van der Waals surface area contributed by atoms with Crippen molar-refractivity contribution in [3.05, 3.63) is 35.9 Å². The van der Waals surface area contributed by atoms with Crippen LogP contribution in [0.2, 0.25) is 0 Å². The van der Waals surface area contributed by atoms with Crippen LogP contribution < -0.4 is 5.32 Å². The van der Waals surface area contributed by atoms with Gasteiger partial charge in [0, 0.05) is 12.6 Å². The molecular formula is C15H23N. The average Bonchev–Trinajstić information content (AvgIpc) is 3.04. The van der Waals surface area contributed by atoms with Crippen LogP contribution in [0.1, 0.15) is 38.7 Å². The summed E-state index contributed by atoms with van der Waals surface area (Å²) >= 11 is 0. The SMILES string of the molecule is CCC(Cc1ccccc1)NCC1(C)CC1. The Kier molecular flexibility index (Phi) is 3.65. The van der Waals surface area contributed by atoms with Gasteiger partial charge in [0.1, 0.15) is 0 Å². The summed E-state index contributed by atoms with van der Waals surface area (Å²) in [4.78, 5) is 0. The van der Waals surface area contributed by atoms with Crippen molar-refractivity contribution in [3.8, 4) is 0 Å². The van der Waals surface area contributed by atoms with Gasteiger partial charge in [-0.1, -0.05) is 44.2 Å². The summed E-state index contributed by atoms with van der Waals surface area (Å²) in [5, 5.41) is 3.72. The maximum atomic E-state index is 3.72. The Bertz CT molecular complexity index is 313. The van der Waals surface area contributed by atoms with Crippen molar-refractivity contribution < 1.29 is 0 Å². The van der Waals surface area contributed by atoms with Gasteiger partial charge in [-0.2, -0.15) is 0 Å². The molecule has 88 valence electrons. The molecule has 2 rings (SSSR count). The van der Waals surface area contributed by atoms with E-state index >= 15 is 0 Å². The van der Waals surface area contributed by atoms with E-state index in [0.717, 1.165) is 6.42 Å². The minimum absolute atomic E-state index is 0.615. The van der Waals surface area contributed by atoms with Crippen LogP contribution in [-0.4, -0.2) is 12.6 Å². The maximum Gasteiger partial charge on any atom is 0.0105 e. The van der Waals surface area contributed by atoms with Crippen LogP contribution in [0.3, 0.4) is 0 Å². The molecule has 0 saturated heterocycles. The first-order valence-corrected chi connectivity index (χ1v) is 6.49. The summed E-state index contributed by atoms with van der Waals surface area (Å²) in [6.07, 6.45) is 5.18. The van der Waals surface area contributed by atoms with Crippen molar-refractivity contribution in [2.45, 2.75) is 45.6 Å². The lowest BCUT2D eigenvalue weighted by atomic mass is 10.0. The van der Waals surface area contributed by atoms with E-state index in [1.54, 1.807) is 0 Å². The molecule has 1 aliphatic rings. The van der Waals surface area contributed by atoms with Gasteiger partial charge in [0.2, 0.25) is 0 Å². The number of hydrogen-bond donors (Lipinski definition) is 1. The molecule has 1 atom stereocenters. The summed E-state index contributed by atoms with van der Waals surface area (Å²) in [6.45, 7) is 5.85. The van der Waals surface area contributed by atoms with E-state index in [2.05, 4.69) is 49.5 Å². The molecule has 1 N–H and O–H groups in total. The fraction of sp³-hybridized carbons (Fsp3) is 0.600. The van der Waals surface area contributed by atoms with E-state index in [1.807, 2.05) is 0 Å². The lowest BCUT2D eigenvalue weighted by Gasteiger charge is -2.19. The lowest BCUT2D eigenvalue weighted by molar-refractivity contribution is 0.422. The lowest BCUT2D eigenvalue weighted by Crippen LogP contribution is -2.34. The van der Waals surface area contributed by atoms with E-state index in [-0.39, 0.29) is 0 Å². The second-order valence-corrected chi connectivity index (χ2v) is 5.49. The highest BCUT2D eigenvalue weighted by atomic mass is 14.9. The standard InChI is InChI=1S/C15H23N/c1-3-14(16-12-15(2)9-10-15)11-13-7-5-4-6-8-13/h4-8,14,16H,3,9-12H2,1-2H3. The predicted octanol–water partition coefficient (Wildman–Crippen LogP) is 3.40. The Balaban J connectivity index is 1.81. The van der Waals surface area contributed by atoms with Gasteiger partial charge in [0.15, 0.2) is 0 Å². The molecule has 1 aliphatic carbocycles. The molecule has 1 saturated carbocycles. The second-order valence-electron chi connectivity index (χ2n) is 5.49. The fourth-order valence-electron chi connectivity index (χ4n) is 2.04. The Morgan fingerprint density at radius 1 is 1.25 bits per heavy atom. The fourth-order valence-corrected chi connectivity index (χ4v) is 2.04. The first kappa shape index (κ1) is 11.7. The number of rotatable bonds is 6. The summed E-state index contributed by atoms with van der Waals surface area (Å²) in [6, 6.07) is 11.4. The Labute approximate surface area is 99.3 Å². The number of nitrogens with one attached hydrogen (secondary N) is 1. The van der Waals surface area contributed by atoms with Gasteiger partial charge in [-0.15, -0.1) is 0 Å². The molecule has 1 heteroatoms. The summed E-state index contributed by atoms with van der Waals surface area (Å²) < 4.78 is 0. The molecule has 1 aromatic rings. The van der Waals surface area contributed by atoms with Crippen LogP contribution in [-0.2, 0) is 6.42 Å². The first-order chi connectivity index (χ1) is 7.72. The van der Waals surface area contributed by atoms with Gasteiger partial charge in [-0.25, -0.2) is 0 Å². The van der Waals surface area contributed by atoms with Gasteiger partial charge in [0.05, 0.1) is 0 Å². The Morgan fingerprint density at radius 3 is 2.50 bits per heavy atom. The highest BCUT2D eigenvalue weighted by molar-refractivity contribution is 5.15. The second kappa shape index (κ2) is 5.01. The zero-order chi connectivity index (χ0) is 11.4. The maximum absolute atomic E-state index is 3.72. The third-order valence-corrected chi connectivity index (χ3v) is 3.74. The largest absolute Gasteiger partial charge is 0.313 e. The van der Waals surface area contributed by atoms with E-state index in [0.29, 0.717) is 11.5 Å². The number of benzene rings is 1. The normalized spacial score (nSPS) is 19.4. The van der Waals surface area contributed by atoms with Gasteiger partial charge < -0.3 is 5.32 Å². The summed E-state index contributed by atoms with van der Waals surface area (Å²) in [5.74, 6) is 0. The topological polar surface area (TPSA) is 12.0 Å². The Morgan fingerprint density at radius 2 is 1.94 bits per heavy atom. The molecule has 0 amide bonds. The molecule has 0 spiro atoms. The first-order valence-electron chi connectivity index (χ1n) is 6.49. The smallest absolute Gasteiger partial charge is 0.0105 e. The molecule has 1 nitrogen and oxygen atoms in total. The minimum atomic E-state index is 0.615. The molecule has 0 aliphatic heterocycles. The zero-order valence-electron chi connectivity index (χ0n) is 10.5. The van der Waals surface area contributed by atoms with Gasteiger partial charge in [-0.3, -0.25) is 0 Å². The highest BCUT2D eigenvalue weighted by Crippen LogP contribution is 2.44. The predicted molar refractivity (Wildman–Crippen MR) is 69.6 cm³/mol. The zero-order valence-corrected chi connectivity index (χ0v) is 10.5. The van der Waals surface area contributed by atoms with E-state index in [1.165, 1.54) is 31.4 Å². The number of hydrogen-bond acceptors (Lipinski definition) is 1. The van der Waals surface area contributed by atoms with Gasteiger partial charge in [-0.05, 0) is 36.7 Å². The monoisotopic (exact) mass is 217 g/mol. The molecule has 16 heavy (non-hydrogen) atoms. The van der Waals surface area contributed by atoms with Crippen LogP contribution in [0.4, 0.5) is 0 Å². The third-order valence-electron chi connectivity index (χ3n) is 3.74. The van der Waals surface area contributed by atoms with Crippen LogP contribution in [0.25, 0.3) is 0 Å². The van der Waals surface area contributed by atoms with Crippen LogP contribution >= 0.6 is 0 Å². The van der Waals surface area contributed by atoms with Crippen LogP contribution in [0.15, 0.2) is 30.3 Å². The van der Waals surface area contributed by atoms with E-state index in [4.69, 9.17) is 0 Å². The molecule has 0 aromatic heterocycles. The molecule has 1 aromatic carbocycles. The van der Waals surface area contributed by atoms with E-state index in [9.17, 15) is 0 Å². The van der Waals surface area contributed by atoms with Crippen molar-refractivity contribution in [2.75, 3.05) is 6.54 Å². The van der Waals surface area contributed by atoms with Crippen molar-refractivity contribution in [1.82, 2.24) is 5.32 Å². The van der Waals surface area contributed by atoms with Gasteiger partial charge >= 0.3 is 0 Å². The van der Waals surface area contributed by atoms with Crippen molar-refractivity contribution in [3.63, 3.8) is 0 Å². The van der Waals surface area contributed by atoms with Crippen molar-refractivity contribution in [1.29, 1.82) is 0 Å². The van der Waals surface area contributed by atoms with Crippen LogP contribution in [0, 0.1) is 5.41 Å². The van der Waals surface area contributed by atoms with Crippen molar-refractivity contribution >= 4 is 0 Å². The minimum Gasteiger partial charge on any atom is -0.313 e. The van der Waals surface area contributed by atoms with Crippen molar-refractivity contribution in [2.24, 2.45) is 5.41 Å².